The molecule has 0 atom stereocenters. The first-order valence-electron chi connectivity index (χ1n) is 10.5. The molecular formula is C27H28O5. The topological polar surface area (TPSA) is 90.9 Å². The maximum atomic E-state index is 12.6. The summed E-state index contributed by atoms with van der Waals surface area (Å²) in [5.74, 6) is 0.134. The minimum absolute atomic E-state index is 0.0511. The zero-order valence-corrected chi connectivity index (χ0v) is 18.6. The largest absolute Gasteiger partial charge is 0.508 e. The number of phenols is 3. The van der Waals surface area contributed by atoms with E-state index in [9.17, 15) is 20.1 Å². The Balaban J connectivity index is 1.88. The summed E-state index contributed by atoms with van der Waals surface area (Å²) in [7, 11) is 0. The predicted molar refractivity (Wildman–Crippen MR) is 129 cm³/mol. The smallest absolute Gasteiger partial charge is 0.347 e. The highest BCUT2D eigenvalue weighted by atomic mass is 16.4. The second kappa shape index (κ2) is 10.1. The Kier molecular flexibility index (Phi) is 7.21. The summed E-state index contributed by atoms with van der Waals surface area (Å²) in [4.78, 5) is 12.6. The van der Waals surface area contributed by atoms with Crippen molar-refractivity contribution in [2.75, 3.05) is 0 Å². The molecule has 0 saturated heterocycles. The molecule has 0 amide bonds. The summed E-state index contributed by atoms with van der Waals surface area (Å²) >= 11 is 0. The first kappa shape index (κ1) is 22.9. The van der Waals surface area contributed by atoms with Crippen molar-refractivity contribution < 1.29 is 19.7 Å². The number of allylic oxidation sites excluding steroid dienone is 4. The standard InChI is InChI=1S/C27H28O5/c1-17(2)5-4-6-18(3)7-14-23-24(29)16-20-15-22(32-27(31)25(20)26(23)30)13-10-19-8-11-21(28)12-9-19/h5,7-13,15-16,28-30H,4,6,14H2,1-3H3. The molecule has 2 aromatic carbocycles. The molecule has 3 aromatic rings. The van der Waals surface area contributed by atoms with Crippen LogP contribution in [-0.4, -0.2) is 15.3 Å². The highest BCUT2D eigenvalue weighted by molar-refractivity contribution is 5.91. The molecule has 5 heteroatoms. The van der Waals surface area contributed by atoms with Gasteiger partial charge in [0.2, 0.25) is 0 Å². The van der Waals surface area contributed by atoms with E-state index in [-0.39, 0.29) is 28.4 Å². The van der Waals surface area contributed by atoms with Gasteiger partial charge in [-0.25, -0.2) is 4.79 Å². The Morgan fingerprint density at radius 2 is 1.69 bits per heavy atom. The molecule has 3 N–H and O–H groups in total. The fraction of sp³-hybridized carbons (Fsp3) is 0.222. The van der Waals surface area contributed by atoms with Crippen LogP contribution >= 0.6 is 0 Å². The Labute approximate surface area is 187 Å². The molecule has 0 radical (unpaired) electrons. The lowest BCUT2D eigenvalue weighted by Gasteiger charge is -2.09. The van der Waals surface area contributed by atoms with Crippen molar-refractivity contribution in [1.82, 2.24) is 0 Å². The third-order valence-corrected chi connectivity index (χ3v) is 5.20. The van der Waals surface area contributed by atoms with Crippen LogP contribution in [0.2, 0.25) is 0 Å². The normalized spacial score (nSPS) is 11.9. The lowest BCUT2D eigenvalue weighted by atomic mass is 10.0. The summed E-state index contributed by atoms with van der Waals surface area (Å²) < 4.78 is 5.36. The van der Waals surface area contributed by atoms with E-state index in [0.717, 1.165) is 24.0 Å². The molecule has 166 valence electrons. The van der Waals surface area contributed by atoms with E-state index >= 15 is 0 Å². The maximum absolute atomic E-state index is 12.6. The summed E-state index contributed by atoms with van der Waals surface area (Å²) in [6.07, 6.45) is 9.62. The zero-order valence-electron chi connectivity index (χ0n) is 18.6. The first-order valence-corrected chi connectivity index (χ1v) is 10.5. The quantitative estimate of drug-likeness (QED) is 0.380. The molecule has 0 unspecified atom stereocenters. The minimum Gasteiger partial charge on any atom is -0.508 e. The van der Waals surface area contributed by atoms with Gasteiger partial charge >= 0.3 is 5.63 Å². The minimum atomic E-state index is -0.670. The van der Waals surface area contributed by atoms with Crippen LogP contribution in [0.1, 0.15) is 50.5 Å². The van der Waals surface area contributed by atoms with Gasteiger partial charge in [0, 0.05) is 10.9 Å². The van der Waals surface area contributed by atoms with Crippen molar-refractivity contribution in [3.63, 3.8) is 0 Å². The summed E-state index contributed by atoms with van der Waals surface area (Å²) in [6, 6.07) is 9.65. The van der Waals surface area contributed by atoms with Crippen LogP contribution in [0.3, 0.4) is 0 Å². The van der Waals surface area contributed by atoms with Crippen molar-refractivity contribution >= 4 is 22.9 Å². The molecule has 1 aromatic heterocycles. The molecule has 1 heterocycles. The van der Waals surface area contributed by atoms with Crippen LogP contribution in [0, 0.1) is 0 Å². The van der Waals surface area contributed by atoms with Gasteiger partial charge in [0.05, 0.1) is 0 Å². The molecule has 0 aliphatic carbocycles. The van der Waals surface area contributed by atoms with Gasteiger partial charge in [-0.3, -0.25) is 0 Å². The molecule has 0 bridgehead atoms. The number of rotatable bonds is 7. The Bertz CT molecular complexity index is 1250. The average Bonchev–Trinajstić information content (AvgIpc) is 2.72. The van der Waals surface area contributed by atoms with Gasteiger partial charge in [0.25, 0.3) is 0 Å². The number of phenolic OH excluding ortho intramolecular Hbond substituents is 3. The molecule has 0 fully saturated rings. The highest BCUT2D eigenvalue weighted by Crippen LogP contribution is 2.35. The Morgan fingerprint density at radius 3 is 2.38 bits per heavy atom. The Hall–Kier alpha value is -3.73. The number of aromatic hydroxyl groups is 3. The predicted octanol–water partition coefficient (Wildman–Crippen LogP) is 6.32. The van der Waals surface area contributed by atoms with Crippen LogP contribution in [0.25, 0.3) is 22.9 Å². The van der Waals surface area contributed by atoms with Gasteiger partial charge in [-0.05, 0) is 75.9 Å². The van der Waals surface area contributed by atoms with Crippen LogP contribution < -0.4 is 5.63 Å². The third kappa shape index (κ3) is 5.70. The molecule has 0 aliphatic rings. The molecular weight excluding hydrogens is 404 g/mol. The van der Waals surface area contributed by atoms with Gasteiger partial charge in [0.15, 0.2) is 0 Å². The van der Waals surface area contributed by atoms with Gasteiger partial charge in [0.1, 0.15) is 28.4 Å². The lowest BCUT2D eigenvalue weighted by Crippen LogP contribution is -2.02. The average molecular weight is 433 g/mol. The molecule has 0 aliphatic heterocycles. The maximum Gasteiger partial charge on any atom is 0.347 e. The lowest BCUT2D eigenvalue weighted by molar-refractivity contribution is 0.442. The van der Waals surface area contributed by atoms with E-state index in [1.165, 1.54) is 11.6 Å². The van der Waals surface area contributed by atoms with Crippen molar-refractivity contribution in [1.29, 1.82) is 0 Å². The van der Waals surface area contributed by atoms with Gasteiger partial charge < -0.3 is 19.7 Å². The molecule has 0 spiro atoms. The fourth-order valence-corrected chi connectivity index (χ4v) is 3.40. The van der Waals surface area contributed by atoms with E-state index in [1.54, 1.807) is 42.5 Å². The SMILES string of the molecule is CC(C)=CCCC(C)=CCc1c(O)cc2cc(C=Cc3ccc(O)cc3)oc(=O)c2c1O. The van der Waals surface area contributed by atoms with Crippen LogP contribution in [0.4, 0.5) is 0 Å². The monoisotopic (exact) mass is 432 g/mol. The van der Waals surface area contributed by atoms with Gasteiger partial charge in [-0.2, -0.15) is 0 Å². The van der Waals surface area contributed by atoms with Crippen molar-refractivity contribution in [2.24, 2.45) is 0 Å². The number of fused-ring (bicyclic) bond motifs is 1. The third-order valence-electron chi connectivity index (χ3n) is 5.20. The fourth-order valence-electron chi connectivity index (χ4n) is 3.40. The van der Waals surface area contributed by atoms with Crippen LogP contribution in [-0.2, 0) is 6.42 Å². The number of hydrogen-bond acceptors (Lipinski definition) is 5. The highest BCUT2D eigenvalue weighted by Gasteiger charge is 2.16. The zero-order chi connectivity index (χ0) is 23.3. The first-order chi connectivity index (χ1) is 15.2. The van der Waals surface area contributed by atoms with Crippen LogP contribution in [0.5, 0.6) is 17.2 Å². The van der Waals surface area contributed by atoms with Gasteiger partial charge in [-0.15, -0.1) is 0 Å². The number of hydrogen-bond donors (Lipinski definition) is 3. The molecule has 0 saturated carbocycles. The summed E-state index contributed by atoms with van der Waals surface area (Å²) in [6.45, 7) is 6.13. The molecule has 5 nitrogen and oxygen atoms in total. The van der Waals surface area contributed by atoms with E-state index < -0.39 is 5.63 Å². The summed E-state index contributed by atoms with van der Waals surface area (Å²) in [5, 5.41) is 31.0. The van der Waals surface area contributed by atoms with E-state index in [4.69, 9.17) is 4.42 Å². The van der Waals surface area contributed by atoms with Crippen molar-refractivity contribution in [3.8, 4) is 17.2 Å². The van der Waals surface area contributed by atoms with E-state index in [2.05, 4.69) is 19.9 Å². The second-order valence-electron chi connectivity index (χ2n) is 8.12. The van der Waals surface area contributed by atoms with Gasteiger partial charge in [-0.1, -0.05) is 41.5 Å². The van der Waals surface area contributed by atoms with Crippen molar-refractivity contribution in [3.05, 3.63) is 87.0 Å². The van der Waals surface area contributed by atoms with E-state index in [0.29, 0.717) is 17.4 Å². The van der Waals surface area contributed by atoms with Crippen molar-refractivity contribution in [2.45, 2.75) is 40.0 Å². The second-order valence-corrected chi connectivity index (χ2v) is 8.12. The number of benzene rings is 2. The van der Waals surface area contributed by atoms with Crippen LogP contribution in [0.15, 0.2) is 68.9 Å². The Morgan fingerprint density at radius 1 is 0.969 bits per heavy atom. The van der Waals surface area contributed by atoms with E-state index in [1.807, 2.05) is 13.0 Å². The summed E-state index contributed by atoms with van der Waals surface area (Å²) in [5.41, 5.74) is 2.86. The molecule has 32 heavy (non-hydrogen) atoms. The molecule has 3 rings (SSSR count).